The van der Waals surface area contributed by atoms with Crippen LogP contribution >= 0.6 is 24.0 Å². The predicted octanol–water partition coefficient (Wildman–Crippen LogP) is 4.37. The molecule has 7 nitrogen and oxygen atoms in total. The van der Waals surface area contributed by atoms with Gasteiger partial charge in [0.25, 0.3) is 0 Å². The van der Waals surface area contributed by atoms with E-state index in [2.05, 4.69) is 27.5 Å². The van der Waals surface area contributed by atoms with Crippen LogP contribution in [-0.2, 0) is 11.3 Å². The van der Waals surface area contributed by atoms with E-state index in [1.54, 1.807) is 13.3 Å². The third-order valence-electron chi connectivity index (χ3n) is 3.91. The van der Waals surface area contributed by atoms with Gasteiger partial charge in [-0.1, -0.05) is 13.0 Å². The van der Waals surface area contributed by atoms with E-state index in [-0.39, 0.29) is 30.0 Å². The van der Waals surface area contributed by atoms with Crippen LogP contribution < -0.4 is 20.1 Å². The molecule has 0 radical (unpaired) electrons. The normalized spacial score (nSPS) is 11.9. The zero-order chi connectivity index (χ0) is 20.9. The van der Waals surface area contributed by atoms with Crippen LogP contribution in [0.4, 0.5) is 0 Å². The highest BCUT2D eigenvalue weighted by Gasteiger charge is 2.08. The van der Waals surface area contributed by atoms with Crippen molar-refractivity contribution in [2.24, 2.45) is 4.99 Å². The Hall–Kier alpha value is -2.07. The highest BCUT2D eigenvalue weighted by molar-refractivity contribution is 14.0. The molecule has 0 aliphatic heterocycles. The fourth-order valence-corrected chi connectivity index (χ4v) is 2.58. The first-order valence-corrected chi connectivity index (χ1v) is 10.0. The van der Waals surface area contributed by atoms with Gasteiger partial charge in [-0.2, -0.15) is 0 Å². The van der Waals surface area contributed by atoms with E-state index < -0.39 is 0 Å². The fraction of sp³-hybridized carbons (Fsp3) is 0.455. The summed E-state index contributed by atoms with van der Waals surface area (Å²) in [4.78, 5) is 9.03. The Balaban J connectivity index is 0.00000450. The van der Waals surface area contributed by atoms with Crippen LogP contribution in [0.2, 0.25) is 0 Å². The molecule has 1 aromatic carbocycles. The molecule has 30 heavy (non-hydrogen) atoms. The van der Waals surface area contributed by atoms with Crippen LogP contribution in [-0.4, -0.2) is 43.9 Å². The van der Waals surface area contributed by atoms with Crippen molar-refractivity contribution < 1.29 is 14.2 Å². The standard InChI is InChI=1S/C22H32N4O3.HI/c1-5-14-28-19-9-11-20(12-10-19)29-21-18(8-7-13-24-21)15-25-22(23-6-2)26-17(3)16-27-4;/h7-13,17H,5-6,14-16H2,1-4H3,(H2,23,25,26);1H. The minimum atomic E-state index is 0. The summed E-state index contributed by atoms with van der Waals surface area (Å²) in [5.41, 5.74) is 0.899. The van der Waals surface area contributed by atoms with Gasteiger partial charge in [0.2, 0.25) is 5.88 Å². The number of hydrogen-bond acceptors (Lipinski definition) is 5. The molecule has 2 aromatic rings. The van der Waals surface area contributed by atoms with Gasteiger partial charge in [-0.05, 0) is 50.6 Å². The van der Waals surface area contributed by atoms with Crippen LogP contribution in [0.25, 0.3) is 0 Å². The number of aromatic nitrogens is 1. The highest BCUT2D eigenvalue weighted by atomic mass is 127. The summed E-state index contributed by atoms with van der Waals surface area (Å²) in [6.07, 6.45) is 2.69. The first kappa shape index (κ1) is 26.0. The Morgan fingerprint density at radius 3 is 2.53 bits per heavy atom. The van der Waals surface area contributed by atoms with Crippen molar-refractivity contribution in [2.75, 3.05) is 26.9 Å². The van der Waals surface area contributed by atoms with Crippen LogP contribution in [0, 0.1) is 0 Å². The average Bonchev–Trinajstić information content (AvgIpc) is 2.73. The molecule has 0 aliphatic carbocycles. The lowest BCUT2D eigenvalue weighted by atomic mass is 10.2. The number of hydrogen-bond donors (Lipinski definition) is 2. The molecule has 1 atom stereocenters. The number of methoxy groups -OCH3 is 1. The van der Waals surface area contributed by atoms with Gasteiger partial charge in [0.15, 0.2) is 5.96 Å². The summed E-state index contributed by atoms with van der Waals surface area (Å²) in [5, 5.41) is 6.56. The first-order chi connectivity index (χ1) is 14.2. The second kappa shape index (κ2) is 14.8. The molecular formula is C22H33IN4O3. The van der Waals surface area contributed by atoms with E-state index in [1.165, 1.54) is 0 Å². The van der Waals surface area contributed by atoms with E-state index in [0.29, 0.717) is 31.4 Å². The molecule has 166 valence electrons. The SMILES string of the molecule is CCCOc1ccc(Oc2ncccc2CN=C(NCC)NC(C)COC)cc1.I. The zero-order valence-corrected chi connectivity index (χ0v) is 20.5. The van der Waals surface area contributed by atoms with Gasteiger partial charge < -0.3 is 24.8 Å². The summed E-state index contributed by atoms with van der Waals surface area (Å²) in [6.45, 7) is 8.67. The molecule has 2 N–H and O–H groups in total. The second-order valence-corrected chi connectivity index (χ2v) is 6.59. The van der Waals surface area contributed by atoms with E-state index in [0.717, 1.165) is 30.2 Å². The van der Waals surface area contributed by atoms with E-state index >= 15 is 0 Å². The maximum Gasteiger partial charge on any atom is 0.224 e. The van der Waals surface area contributed by atoms with Crippen molar-refractivity contribution >= 4 is 29.9 Å². The third kappa shape index (κ3) is 9.17. The Morgan fingerprint density at radius 1 is 1.13 bits per heavy atom. The topological polar surface area (TPSA) is 77.0 Å². The maximum atomic E-state index is 5.98. The summed E-state index contributed by atoms with van der Waals surface area (Å²) in [5.74, 6) is 2.80. The van der Waals surface area contributed by atoms with Gasteiger partial charge in [-0.3, -0.25) is 0 Å². The largest absolute Gasteiger partial charge is 0.494 e. The van der Waals surface area contributed by atoms with Crippen LogP contribution in [0.3, 0.4) is 0 Å². The van der Waals surface area contributed by atoms with Gasteiger partial charge in [0, 0.05) is 31.5 Å². The van der Waals surface area contributed by atoms with Crippen molar-refractivity contribution in [1.82, 2.24) is 15.6 Å². The molecule has 2 rings (SSSR count). The lowest BCUT2D eigenvalue weighted by Crippen LogP contribution is -2.43. The van der Waals surface area contributed by atoms with Crippen molar-refractivity contribution in [3.05, 3.63) is 48.2 Å². The predicted molar refractivity (Wildman–Crippen MR) is 131 cm³/mol. The molecule has 1 unspecified atom stereocenters. The lowest BCUT2D eigenvalue weighted by Gasteiger charge is -2.17. The Morgan fingerprint density at radius 2 is 1.87 bits per heavy atom. The number of guanidine groups is 1. The number of nitrogens with one attached hydrogen (secondary N) is 2. The molecule has 0 amide bonds. The van der Waals surface area contributed by atoms with Crippen molar-refractivity contribution in [3.63, 3.8) is 0 Å². The molecular weight excluding hydrogens is 495 g/mol. The van der Waals surface area contributed by atoms with Crippen LogP contribution in [0.15, 0.2) is 47.6 Å². The molecule has 1 aromatic heterocycles. The summed E-state index contributed by atoms with van der Waals surface area (Å²) in [7, 11) is 1.68. The molecule has 8 heteroatoms. The highest BCUT2D eigenvalue weighted by Crippen LogP contribution is 2.25. The maximum absolute atomic E-state index is 5.98. The minimum absolute atomic E-state index is 0. The number of pyridine rings is 1. The molecule has 1 heterocycles. The molecule has 0 spiro atoms. The molecule has 0 aliphatic rings. The second-order valence-electron chi connectivity index (χ2n) is 6.59. The summed E-state index contributed by atoms with van der Waals surface area (Å²) in [6, 6.07) is 11.6. The number of benzene rings is 1. The lowest BCUT2D eigenvalue weighted by molar-refractivity contribution is 0.179. The van der Waals surface area contributed by atoms with Gasteiger partial charge >= 0.3 is 0 Å². The van der Waals surface area contributed by atoms with Crippen LogP contribution in [0.5, 0.6) is 17.4 Å². The molecule has 0 saturated carbocycles. The smallest absolute Gasteiger partial charge is 0.224 e. The first-order valence-electron chi connectivity index (χ1n) is 10.0. The number of rotatable bonds is 11. The van der Waals surface area contributed by atoms with Gasteiger partial charge in [-0.25, -0.2) is 9.98 Å². The number of aliphatic imine (C=N–C) groups is 1. The number of nitrogens with zero attached hydrogens (tertiary/aromatic N) is 2. The van der Waals surface area contributed by atoms with Crippen molar-refractivity contribution in [2.45, 2.75) is 39.8 Å². The van der Waals surface area contributed by atoms with Gasteiger partial charge in [0.1, 0.15) is 11.5 Å². The number of halogens is 1. The van der Waals surface area contributed by atoms with E-state index in [9.17, 15) is 0 Å². The monoisotopic (exact) mass is 528 g/mol. The fourth-order valence-electron chi connectivity index (χ4n) is 2.58. The van der Waals surface area contributed by atoms with Crippen LogP contribution in [0.1, 0.15) is 32.8 Å². The Bertz CT molecular complexity index is 756. The molecule has 0 saturated heterocycles. The Kier molecular flexibility index (Phi) is 12.8. The average molecular weight is 528 g/mol. The Labute approximate surface area is 196 Å². The quantitative estimate of drug-likeness (QED) is 0.256. The number of ether oxygens (including phenoxy) is 3. The van der Waals surface area contributed by atoms with E-state index in [4.69, 9.17) is 14.2 Å². The van der Waals surface area contributed by atoms with Gasteiger partial charge in [0.05, 0.1) is 19.8 Å². The zero-order valence-electron chi connectivity index (χ0n) is 18.2. The molecule has 0 fully saturated rings. The molecule has 0 bridgehead atoms. The van der Waals surface area contributed by atoms with Gasteiger partial charge in [-0.15, -0.1) is 24.0 Å². The van der Waals surface area contributed by atoms with E-state index in [1.807, 2.05) is 50.2 Å². The van der Waals surface area contributed by atoms with Crippen molar-refractivity contribution in [1.29, 1.82) is 0 Å². The summed E-state index contributed by atoms with van der Waals surface area (Å²) >= 11 is 0. The third-order valence-corrected chi connectivity index (χ3v) is 3.91. The van der Waals surface area contributed by atoms with Crippen molar-refractivity contribution in [3.8, 4) is 17.4 Å². The minimum Gasteiger partial charge on any atom is -0.494 e. The summed E-state index contributed by atoms with van der Waals surface area (Å²) < 4.78 is 16.8.